The number of hydrogen-bond acceptors (Lipinski definition) is 3. The van der Waals surface area contributed by atoms with Crippen LogP contribution in [0.2, 0.25) is 5.02 Å². The molecule has 0 bridgehead atoms. The summed E-state index contributed by atoms with van der Waals surface area (Å²) in [6.07, 6.45) is 2.94. The van der Waals surface area contributed by atoms with Crippen molar-refractivity contribution in [3.63, 3.8) is 0 Å². The Bertz CT molecular complexity index is 504. The molecule has 2 N–H and O–H groups in total. The number of aromatic amines is 1. The molecule has 0 spiro atoms. The summed E-state index contributed by atoms with van der Waals surface area (Å²) < 4.78 is 0. The topological polar surface area (TPSA) is 61.3 Å². The summed E-state index contributed by atoms with van der Waals surface area (Å²) in [4.78, 5) is 7.18. The van der Waals surface area contributed by atoms with Gasteiger partial charge in [-0.3, -0.25) is 0 Å². The molecule has 0 radical (unpaired) electrons. The van der Waals surface area contributed by atoms with Crippen LogP contribution in [0.15, 0.2) is 17.4 Å². The molecule has 0 fully saturated rings. The van der Waals surface area contributed by atoms with Crippen molar-refractivity contribution in [1.29, 1.82) is 0 Å². The Labute approximate surface area is 85.2 Å². The largest absolute Gasteiger partial charge is 0.411 e. The average molecular weight is 210 g/mol. The monoisotopic (exact) mass is 209 g/mol. The van der Waals surface area contributed by atoms with E-state index in [4.69, 9.17) is 16.8 Å². The Morgan fingerprint density at radius 2 is 2.43 bits per heavy atom. The van der Waals surface area contributed by atoms with E-state index in [0.29, 0.717) is 5.02 Å². The lowest BCUT2D eigenvalue weighted by molar-refractivity contribution is 0.322. The fourth-order valence-electron chi connectivity index (χ4n) is 1.42. The number of H-pyrrole nitrogens is 1. The molecular formula is C9H8ClN3O. The van der Waals surface area contributed by atoms with E-state index in [0.717, 1.165) is 22.3 Å². The number of oxime groups is 1. The standard InChI is InChI=1S/C9H8ClN3O/c1-5-8(4-12-14)7-2-6(10)3-11-9(7)13-5/h2-4,14H,1H3,(H,11,13). The van der Waals surface area contributed by atoms with Gasteiger partial charge in [-0.1, -0.05) is 16.8 Å². The van der Waals surface area contributed by atoms with Crippen LogP contribution in [0.4, 0.5) is 0 Å². The van der Waals surface area contributed by atoms with Crippen LogP contribution in [0.3, 0.4) is 0 Å². The van der Waals surface area contributed by atoms with E-state index < -0.39 is 0 Å². The predicted octanol–water partition coefficient (Wildman–Crippen LogP) is 2.33. The molecule has 2 aromatic heterocycles. The van der Waals surface area contributed by atoms with Gasteiger partial charge in [-0.15, -0.1) is 0 Å². The van der Waals surface area contributed by atoms with Crippen LogP contribution in [0.5, 0.6) is 0 Å². The molecule has 0 aromatic carbocycles. The Balaban J connectivity index is 2.79. The van der Waals surface area contributed by atoms with Gasteiger partial charge in [0, 0.05) is 22.8 Å². The maximum atomic E-state index is 8.49. The second kappa shape index (κ2) is 3.31. The van der Waals surface area contributed by atoms with Gasteiger partial charge in [-0.05, 0) is 13.0 Å². The minimum Gasteiger partial charge on any atom is -0.411 e. The highest BCUT2D eigenvalue weighted by atomic mass is 35.5. The summed E-state index contributed by atoms with van der Waals surface area (Å²) in [5, 5.41) is 12.9. The Morgan fingerprint density at radius 1 is 1.64 bits per heavy atom. The predicted molar refractivity (Wildman–Crippen MR) is 55.2 cm³/mol. The maximum absolute atomic E-state index is 8.49. The van der Waals surface area contributed by atoms with Crippen molar-refractivity contribution in [1.82, 2.24) is 9.97 Å². The molecule has 2 heterocycles. The lowest BCUT2D eigenvalue weighted by atomic mass is 10.2. The first-order valence-electron chi connectivity index (χ1n) is 4.03. The number of pyridine rings is 1. The Kier molecular flexibility index (Phi) is 2.13. The Hall–Kier alpha value is -1.55. The molecule has 0 saturated carbocycles. The van der Waals surface area contributed by atoms with Crippen molar-refractivity contribution in [3.05, 3.63) is 28.5 Å². The number of fused-ring (bicyclic) bond motifs is 1. The van der Waals surface area contributed by atoms with Crippen molar-refractivity contribution in [2.45, 2.75) is 6.92 Å². The molecule has 0 aliphatic heterocycles. The molecule has 0 saturated heterocycles. The zero-order valence-electron chi connectivity index (χ0n) is 7.45. The molecule has 0 unspecified atom stereocenters. The van der Waals surface area contributed by atoms with Crippen molar-refractivity contribution in [2.24, 2.45) is 5.16 Å². The smallest absolute Gasteiger partial charge is 0.138 e. The number of nitrogens with one attached hydrogen (secondary N) is 1. The van der Waals surface area contributed by atoms with Gasteiger partial charge in [0.05, 0.1) is 11.2 Å². The first-order valence-corrected chi connectivity index (χ1v) is 4.41. The van der Waals surface area contributed by atoms with Crippen molar-refractivity contribution in [2.75, 3.05) is 0 Å². The van der Waals surface area contributed by atoms with Crippen LogP contribution in [0, 0.1) is 6.92 Å². The molecule has 2 aromatic rings. The molecule has 14 heavy (non-hydrogen) atoms. The number of nitrogens with zero attached hydrogens (tertiary/aromatic N) is 2. The van der Waals surface area contributed by atoms with E-state index >= 15 is 0 Å². The van der Waals surface area contributed by atoms with Crippen LogP contribution in [0.1, 0.15) is 11.3 Å². The molecule has 0 aliphatic rings. The maximum Gasteiger partial charge on any atom is 0.138 e. The quantitative estimate of drug-likeness (QED) is 0.430. The molecule has 2 rings (SSSR count). The lowest BCUT2D eigenvalue weighted by Gasteiger charge is -1.91. The Morgan fingerprint density at radius 3 is 3.14 bits per heavy atom. The number of rotatable bonds is 1. The van der Waals surface area contributed by atoms with Crippen LogP contribution in [-0.4, -0.2) is 21.4 Å². The third-order valence-corrected chi connectivity index (χ3v) is 2.25. The van der Waals surface area contributed by atoms with Gasteiger partial charge < -0.3 is 10.2 Å². The van der Waals surface area contributed by atoms with Crippen molar-refractivity contribution in [3.8, 4) is 0 Å². The summed E-state index contributed by atoms with van der Waals surface area (Å²) in [6, 6.07) is 1.78. The normalized spacial score (nSPS) is 11.6. The van der Waals surface area contributed by atoms with Gasteiger partial charge in [-0.25, -0.2) is 4.98 Å². The van der Waals surface area contributed by atoms with Gasteiger partial charge in [0.15, 0.2) is 0 Å². The molecule has 4 nitrogen and oxygen atoms in total. The SMILES string of the molecule is Cc1[nH]c2ncc(Cl)cc2c1C=NO. The highest BCUT2D eigenvalue weighted by molar-refractivity contribution is 6.31. The van der Waals surface area contributed by atoms with Gasteiger partial charge in [0.25, 0.3) is 0 Å². The van der Waals surface area contributed by atoms with E-state index in [-0.39, 0.29) is 0 Å². The molecule has 0 amide bonds. The van der Waals surface area contributed by atoms with Gasteiger partial charge in [0.1, 0.15) is 5.65 Å². The molecule has 0 aliphatic carbocycles. The summed E-state index contributed by atoms with van der Waals surface area (Å²) in [7, 11) is 0. The van der Waals surface area contributed by atoms with E-state index in [1.165, 1.54) is 6.21 Å². The third-order valence-electron chi connectivity index (χ3n) is 2.04. The molecule has 5 heteroatoms. The number of aromatic nitrogens is 2. The second-order valence-corrected chi connectivity index (χ2v) is 3.39. The number of aryl methyl sites for hydroxylation is 1. The van der Waals surface area contributed by atoms with E-state index in [2.05, 4.69) is 15.1 Å². The minimum atomic E-state index is 0.559. The second-order valence-electron chi connectivity index (χ2n) is 2.96. The van der Waals surface area contributed by atoms with Crippen LogP contribution in [0.25, 0.3) is 11.0 Å². The molecular weight excluding hydrogens is 202 g/mol. The summed E-state index contributed by atoms with van der Waals surface area (Å²) in [5.41, 5.74) is 2.44. The third kappa shape index (κ3) is 1.33. The fraction of sp³-hybridized carbons (Fsp3) is 0.111. The van der Waals surface area contributed by atoms with Gasteiger partial charge in [-0.2, -0.15) is 0 Å². The van der Waals surface area contributed by atoms with Gasteiger partial charge >= 0.3 is 0 Å². The van der Waals surface area contributed by atoms with E-state index in [1.54, 1.807) is 12.3 Å². The summed E-state index contributed by atoms with van der Waals surface area (Å²) in [6.45, 7) is 1.88. The average Bonchev–Trinajstić information content (AvgIpc) is 2.45. The minimum absolute atomic E-state index is 0.559. The summed E-state index contributed by atoms with van der Waals surface area (Å²) >= 11 is 5.82. The fourth-order valence-corrected chi connectivity index (χ4v) is 1.57. The van der Waals surface area contributed by atoms with Crippen LogP contribution in [-0.2, 0) is 0 Å². The van der Waals surface area contributed by atoms with Crippen LogP contribution >= 0.6 is 11.6 Å². The van der Waals surface area contributed by atoms with Crippen molar-refractivity contribution < 1.29 is 5.21 Å². The van der Waals surface area contributed by atoms with E-state index in [9.17, 15) is 0 Å². The van der Waals surface area contributed by atoms with Crippen LogP contribution < -0.4 is 0 Å². The zero-order valence-corrected chi connectivity index (χ0v) is 8.21. The zero-order chi connectivity index (χ0) is 10.1. The summed E-state index contributed by atoms with van der Waals surface area (Å²) in [5.74, 6) is 0. The number of hydrogen-bond donors (Lipinski definition) is 2. The highest BCUT2D eigenvalue weighted by Crippen LogP contribution is 2.21. The lowest BCUT2D eigenvalue weighted by Crippen LogP contribution is -1.82. The number of halogens is 1. The van der Waals surface area contributed by atoms with E-state index in [1.807, 2.05) is 6.92 Å². The highest BCUT2D eigenvalue weighted by Gasteiger charge is 2.07. The first-order chi connectivity index (χ1) is 6.72. The van der Waals surface area contributed by atoms with Gasteiger partial charge in [0.2, 0.25) is 0 Å². The molecule has 0 atom stereocenters. The molecule has 72 valence electrons. The van der Waals surface area contributed by atoms with Crippen molar-refractivity contribution >= 4 is 28.8 Å². The first kappa shape index (κ1) is 9.02.